The van der Waals surface area contributed by atoms with Crippen LogP contribution in [0.25, 0.3) is 0 Å². The highest BCUT2D eigenvalue weighted by molar-refractivity contribution is 14.0. The van der Waals surface area contributed by atoms with E-state index in [0.717, 1.165) is 77.2 Å². The molecule has 1 aromatic rings. The molecule has 0 amide bonds. The van der Waals surface area contributed by atoms with Crippen LogP contribution >= 0.6 is 24.0 Å². The van der Waals surface area contributed by atoms with Gasteiger partial charge in [0.2, 0.25) is 0 Å². The third kappa shape index (κ3) is 8.64. The molecule has 8 heteroatoms. The summed E-state index contributed by atoms with van der Waals surface area (Å²) in [6, 6.07) is 4.21. The maximum Gasteiger partial charge on any atom is 0.191 e. The first-order valence-electron chi connectivity index (χ1n) is 10.7. The second-order valence-electron chi connectivity index (χ2n) is 7.50. The van der Waals surface area contributed by atoms with E-state index in [1.165, 1.54) is 18.4 Å². The van der Waals surface area contributed by atoms with E-state index in [9.17, 15) is 0 Å². The molecule has 7 nitrogen and oxygen atoms in total. The van der Waals surface area contributed by atoms with Gasteiger partial charge in [0.15, 0.2) is 5.96 Å². The molecule has 0 spiro atoms. The molecule has 2 fully saturated rings. The van der Waals surface area contributed by atoms with E-state index in [4.69, 9.17) is 14.5 Å². The standard InChI is InChI=1S/C21H35N5O2.HI/c1-2-22-21(24-8-5-12-27-16-19-7-13-28-17-19)25-15-18-6-9-23-20(14-18)26-10-3-4-11-26;/h6,9,14,19H,2-5,7-8,10-13,15-17H2,1H3,(H2,22,24,25);1H. The molecule has 2 saturated heterocycles. The highest BCUT2D eigenvalue weighted by Gasteiger charge is 2.15. The predicted octanol–water partition coefficient (Wildman–Crippen LogP) is 2.80. The minimum atomic E-state index is 0. The molecule has 1 atom stereocenters. The van der Waals surface area contributed by atoms with Crippen molar-refractivity contribution in [1.29, 1.82) is 0 Å². The van der Waals surface area contributed by atoms with Crippen molar-refractivity contribution < 1.29 is 9.47 Å². The van der Waals surface area contributed by atoms with E-state index in [2.05, 4.69) is 33.5 Å². The van der Waals surface area contributed by atoms with Crippen LogP contribution in [0.2, 0.25) is 0 Å². The predicted molar refractivity (Wildman–Crippen MR) is 128 cm³/mol. The van der Waals surface area contributed by atoms with Gasteiger partial charge in [-0.2, -0.15) is 0 Å². The van der Waals surface area contributed by atoms with Crippen molar-refractivity contribution in [3.05, 3.63) is 23.9 Å². The quantitative estimate of drug-likeness (QED) is 0.215. The Bertz CT molecular complexity index is 604. The third-order valence-electron chi connectivity index (χ3n) is 5.14. The van der Waals surface area contributed by atoms with Crippen LogP contribution in [0.3, 0.4) is 0 Å². The Kier molecular flexibility index (Phi) is 11.6. The maximum atomic E-state index is 5.76. The molecular weight excluding hydrogens is 481 g/mol. The maximum absolute atomic E-state index is 5.76. The number of hydrogen-bond donors (Lipinski definition) is 2. The van der Waals surface area contributed by atoms with Gasteiger partial charge in [-0.3, -0.25) is 0 Å². The molecular formula is C21H36IN5O2. The monoisotopic (exact) mass is 517 g/mol. The van der Waals surface area contributed by atoms with Crippen molar-refractivity contribution in [3.63, 3.8) is 0 Å². The van der Waals surface area contributed by atoms with E-state index in [1.807, 2.05) is 12.3 Å². The van der Waals surface area contributed by atoms with Crippen LogP contribution in [-0.2, 0) is 16.0 Å². The van der Waals surface area contributed by atoms with Crippen LogP contribution in [0.4, 0.5) is 5.82 Å². The summed E-state index contributed by atoms with van der Waals surface area (Å²) in [6.07, 6.45) is 6.51. The SMILES string of the molecule is CCNC(=NCc1ccnc(N2CCCC2)c1)NCCCOCC1CCOC1.I. The van der Waals surface area contributed by atoms with Crippen molar-refractivity contribution in [1.82, 2.24) is 15.6 Å². The van der Waals surface area contributed by atoms with E-state index >= 15 is 0 Å². The zero-order chi connectivity index (χ0) is 19.4. The first kappa shape index (κ1) is 24.1. The number of nitrogens with zero attached hydrogens (tertiary/aromatic N) is 3. The molecule has 3 heterocycles. The smallest absolute Gasteiger partial charge is 0.191 e. The molecule has 2 N–H and O–H groups in total. The number of guanidine groups is 1. The summed E-state index contributed by atoms with van der Waals surface area (Å²) in [5.74, 6) is 2.51. The number of anilines is 1. The van der Waals surface area contributed by atoms with Gasteiger partial charge in [-0.05, 0) is 50.3 Å². The molecule has 0 aromatic carbocycles. The van der Waals surface area contributed by atoms with Gasteiger partial charge in [-0.15, -0.1) is 24.0 Å². The average molecular weight is 517 g/mol. The highest BCUT2D eigenvalue weighted by atomic mass is 127. The van der Waals surface area contributed by atoms with Crippen molar-refractivity contribution in [2.24, 2.45) is 10.9 Å². The summed E-state index contributed by atoms with van der Waals surface area (Å²) >= 11 is 0. The fourth-order valence-electron chi connectivity index (χ4n) is 3.54. The number of hydrogen-bond acceptors (Lipinski definition) is 5. The van der Waals surface area contributed by atoms with Gasteiger partial charge < -0.3 is 25.0 Å². The fourth-order valence-corrected chi connectivity index (χ4v) is 3.54. The lowest BCUT2D eigenvalue weighted by Gasteiger charge is -2.16. The Morgan fingerprint density at radius 3 is 2.97 bits per heavy atom. The molecule has 1 aromatic heterocycles. The lowest BCUT2D eigenvalue weighted by Crippen LogP contribution is -2.38. The molecule has 2 aliphatic rings. The second kappa shape index (κ2) is 14.0. The van der Waals surface area contributed by atoms with Gasteiger partial charge in [-0.25, -0.2) is 9.98 Å². The average Bonchev–Trinajstić information content (AvgIpc) is 3.43. The molecule has 2 aliphatic heterocycles. The van der Waals surface area contributed by atoms with Crippen LogP contribution in [0.5, 0.6) is 0 Å². The Hall–Kier alpha value is -1.13. The number of rotatable bonds is 10. The molecule has 0 saturated carbocycles. The van der Waals surface area contributed by atoms with Gasteiger partial charge in [0.25, 0.3) is 0 Å². The minimum Gasteiger partial charge on any atom is -0.381 e. The lowest BCUT2D eigenvalue weighted by molar-refractivity contribution is 0.0888. The molecule has 0 aliphatic carbocycles. The topological polar surface area (TPSA) is 71.0 Å². The van der Waals surface area contributed by atoms with E-state index < -0.39 is 0 Å². The van der Waals surface area contributed by atoms with Crippen molar-refractivity contribution in [3.8, 4) is 0 Å². The summed E-state index contributed by atoms with van der Waals surface area (Å²) in [4.78, 5) is 11.6. The lowest BCUT2D eigenvalue weighted by atomic mass is 10.1. The first-order chi connectivity index (χ1) is 13.8. The number of nitrogens with one attached hydrogen (secondary N) is 2. The van der Waals surface area contributed by atoms with Gasteiger partial charge >= 0.3 is 0 Å². The third-order valence-corrected chi connectivity index (χ3v) is 5.14. The van der Waals surface area contributed by atoms with Gasteiger partial charge in [0.05, 0.1) is 19.8 Å². The van der Waals surface area contributed by atoms with Crippen molar-refractivity contribution in [2.75, 3.05) is 57.5 Å². The zero-order valence-electron chi connectivity index (χ0n) is 17.6. The summed E-state index contributed by atoms with van der Waals surface area (Å²) in [5, 5.41) is 6.71. The molecule has 0 radical (unpaired) electrons. The van der Waals surface area contributed by atoms with Gasteiger partial charge in [-0.1, -0.05) is 0 Å². The van der Waals surface area contributed by atoms with E-state index in [1.54, 1.807) is 0 Å². The largest absolute Gasteiger partial charge is 0.381 e. The van der Waals surface area contributed by atoms with Crippen LogP contribution in [0.1, 0.15) is 38.2 Å². The summed E-state index contributed by atoms with van der Waals surface area (Å²) in [7, 11) is 0. The fraction of sp³-hybridized carbons (Fsp3) is 0.714. The molecule has 3 rings (SSSR count). The summed E-state index contributed by atoms with van der Waals surface area (Å²) in [6.45, 7) is 9.97. The summed E-state index contributed by atoms with van der Waals surface area (Å²) in [5.41, 5.74) is 1.19. The number of halogens is 1. The Morgan fingerprint density at radius 1 is 1.34 bits per heavy atom. The molecule has 29 heavy (non-hydrogen) atoms. The highest BCUT2D eigenvalue weighted by Crippen LogP contribution is 2.18. The second-order valence-corrected chi connectivity index (χ2v) is 7.50. The zero-order valence-corrected chi connectivity index (χ0v) is 19.9. The Balaban J connectivity index is 0.00000300. The number of aromatic nitrogens is 1. The number of pyridine rings is 1. The van der Waals surface area contributed by atoms with Crippen LogP contribution < -0.4 is 15.5 Å². The van der Waals surface area contributed by atoms with Crippen LogP contribution in [0.15, 0.2) is 23.3 Å². The Labute approximate surface area is 192 Å². The number of aliphatic imine (C=N–C) groups is 1. The first-order valence-corrected chi connectivity index (χ1v) is 10.7. The van der Waals surface area contributed by atoms with E-state index in [-0.39, 0.29) is 24.0 Å². The number of ether oxygens (including phenoxy) is 2. The molecule has 1 unspecified atom stereocenters. The van der Waals surface area contributed by atoms with Gasteiger partial charge in [0, 0.05) is 51.5 Å². The summed E-state index contributed by atoms with van der Waals surface area (Å²) < 4.78 is 11.1. The van der Waals surface area contributed by atoms with Gasteiger partial charge in [0.1, 0.15) is 5.82 Å². The molecule has 0 bridgehead atoms. The minimum absolute atomic E-state index is 0. The van der Waals surface area contributed by atoms with Crippen molar-refractivity contribution >= 4 is 35.8 Å². The normalized spacial score (nSPS) is 19.3. The van der Waals surface area contributed by atoms with Crippen LogP contribution in [0, 0.1) is 5.92 Å². The van der Waals surface area contributed by atoms with Crippen LogP contribution in [-0.4, -0.2) is 63.6 Å². The van der Waals surface area contributed by atoms with Crippen molar-refractivity contribution in [2.45, 2.75) is 39.2 Å². The molecule has 164 valence electrons. The Morgan fingerprint density at radius 2 is 2.21 bits per heavy atom. The van der Waals surface area contributed by atoms with E-state index in [0.29, 0.717) is 12.5 Å².